The van der Waals surface area contributed by atoms with Gasteiger partial charge in [-0.15, -0.1) is 11.3 Å². The number of benzene rings is 1. The van der Waals surface area contributed by atoms with Crippen LogP contribution in [0, 0.1) is 0 Å². The van der Waals surface area contributed by atoms with Crippen molar-refractivity contribution >= 4 is 27.5 Å². The van der Waals surface area contributed by atoms with Crippen molar-refractivity contribution < 1.29 is 9.53 Å². The van der Waals surface area contributed by atoms with E-state index in [-0.39, 0.29) is 11.5 Å². The number of ether oxygens (including phenoxy) is 1. The summed E-state index contributed by atoms with van der Waals surface area (Å²) in [7, 11) is 1.67. The fraction of sp³-hybridized carbons (Fsp3) is 0.409. The minimum atomic E-state index is -0.0735. The highest BCUT2D eigenvalue weighted by Crippen LogP contribution is 2.15. The van der Waals surface area contributed by atoms with E-state index in [4.69, 9.17) is 4.74 Å². The Balaban J connectivity index is 1.30. The molecule has 3 heterocycles. The normalized spacial score (nSPS) is 15.3. The van der Waals surface area contributed by atoms with Crippen molar-refractivity contribution in [2.24, 2.45) is 0 Å². The smallest absolute Gasteiger partial charge is 0.262 e. The molecule has 0 atom stereocenters. The number of aromatic nitrogens is 2. The maximum Gasteiger partial charge on any atom is 0.262 e. The molecular formula is C22H26N4O3S. The molecule has 1 aliphatic rings. The molecule has 1 saturated heterocycles. The highest BCUT2D eigenvalue weighted by atomic mass is 32.1. The molecule has 1 aliphatic heterocycles. The number of hydrogen-bond acceptors (Lipinski definition) is 6. The monoisotopic (exact) mass is 426 g/mol. The zero-order valence-corrected chi connectivity index (χ0v) is 17.9. The number of thiophene rings is 1. The van der Waals surface area contributed by atoms with E-state index in [1.807, 2.05) is 22.4 Å². The maximum atomic E-state index is 12.7. The summed E-state index contributed by atoms with van der Waals surface area (Å²) in [5, 5.41) is 2.49. The van der Waals surface area contributed by atoms with Crippen LogP contribution >= 0.6 is 11.3 Å². The number of hydrogen-bond donors (Lipinski definition) is 0. The van der Waals surface area contributed by atoms with Crippen LogP contribution in [-0.4, -0.2) is 58.5 Å². The Morgan fingerprint density at radius 3 is 2.77 bits per heavy atom. The summed E-state index contributed by atoms with van der Waals surface area (Å²) in [6.45, 7) is 4.52. The molecule has 0 aliphatic carbocycles. The molecule has 0 unspecified atom stereocenters. The molecule has 2 aromatic heterocycles. The quantitative estimate of drug-likeness (QED) is 0.606. The van der Waals surface area contributed by atoms with Gasteiger partial charge in [0.1, 0.15) is 10.6 Å². The van der Waals surface area contributed by atoms with Gasteiger partial charge in [0.15, 0.2) is 0 Å². The number of methoxy groups -OCH3 is 1. The third-order valence-corrected chi connectivity index (χ3v) is 6.34. The Morgan fingerprint density at radius 2 is 1.97 bits per heavy atom. The van der Waals surface area contributed by atoms with E-state index < -0.39 is 0 Å². The van der Waals surface area contributed by atoms with Gasteiger partial charge in [-0.3, -0.25) is 19.1 Å². The standard InChI is InChI=1S/C22H26N4O3S/c1-29-18-5-3-17(4-6-18)15-24-9-2-10-25(13-12-24)20(27)7-11-26-16-23-21-19(22(26)28)8-14-30-21/h3-6,8,14,16H,2,7,9-13,15H2,1H3. The Morgan fingerprint density at radius 1 is 1.13 bits per heavy atom. The SMILES string of the molecule is COc1ccc(CN2CCCN(C(=O)CCn3cnc4sccc4c3=O)CC2)cc1. The predicted molar refractivity (Wildman–Crippen MR) is 118 cm³/mol. The highest BCUT2D eigenvalue weighted by molar-refractivity contribution is 7.16. The average Bonchev–Trinajstić information content (AvgIpc) is 3.13. The van der Waals surface area contributed by atoms with Gasteiger partial charge in [0.05, 0.1) is 18.8 Å². The molecule has 158 valence electrons. The maximum absolute atomic E-state index is 12.7. The summed E-state index contributed by atoms with van der Waals surface area (Å²) in [6.07, 6.45) is 2.81. The number of carbonyl (C=O) groups is 1. The van der Waals surface area contributed by atoms with Gasteiger partial charge in [0.2, 0.25) is 5.91 Å². The van der Waals surface area contributed by atoms with Crippen molar-refractivity contribution in [2.75, 3.05) is 33.3 Å². The summed E-state index contributed by atoms with van der Waals surface area (Å²) in [4.78, 5) is 34.6. The van der Waals surface area contributed by atoms with Crippen LogP contribution < -0.4 is 10.3 Å². The zero-order chi connectivity index (χ0) is 20.9. The molecule has 0 radical (unpaired) electrons. The first-order valence-electron chi connectivity index (χ1n) is 10.2. The van der Waals surface area contributed by atoms with E-state index in [0.717, 1.165) is 43.2 Å². The van der Waals surface area contributed by atoms with E-state index in [9.17, 15) is 9.59 Å². The molecule has 30 heavy (non-hydrogen) atoms. The van der Waals surface area contributed by atoms with Crippen molar-refractivity contribution in [1.29, 1.82) is 0 Å². The molecule has 8 heteroatoms. The number of carbonyl (C=O) groups excluding carboxylic acids is 1. The van der Waals surface area contributed by atoms with Gasteiger partial charge in [-0.1, -0.05) is 12.1 Å². The van der Waals surface area contributed by atoms with Crippen LogP contribution in [0.1, 0.15) is 18.4 Å². The van der Waals surface area contributed by atoms with Gasteiger partial charge in [0.25, 0.3) is 5.56 Å². The summed E-state index contributed by atoms with van der Waals surface area (Å²) in [5.41, 5.74) is 1.17. The topological polar surface area (TPSA) is 67.7 Å². The molecule has 0 N–H and O–H groups in total. The van der Waals surface area contributed by atoms with Gasteiger partial charge in [-0.25, -0.2) is 4.98 Å². The second-order valence-corrected chi connectivity index (χ2v) is 8.39. The van der Waals surface area contributed by atoms with Crippen molar-refractivity contribution in [3.63, 3.8) is 0 Å². The first-order chi connectivity index (χ1) is 14.6. The molecule has 4 rings (SSSR count). The molecular weight excluding hydrogens is 400 g/mol. The molecule has 3 aromatic rings. The van der Waals surface area contributed by atoms with Gasteiger partial charge in [-0.2, -0.15) is 0 Å². The minimum Gasteiger partial charge on any atom is -0.497 e. The second kappa shape index (κ2) is 9.40. The first kappa shape index (κ1) is 20.6. The Hall–Kier alpha value is -2.71. The Labute approximate surface area is 179 Å². The van der Waals surface area contributed by atoms with Crippen LogP contribution in [0.2, 0.25) is 0 Å². The van der Waals surface area contributed by atoms with Crippen molar-refractivity contribution in [3.8, 4) is 5.75 Å². The second-order valence-electron chi connectivity index (χ2n) is 7.49. The number of rotatable bonds is 6. The molecule has 1 fully saturated rings. The third-order valence-electron chi connectivity index (χ3n) is 5.52. The van der Waals surface area contributed by atoms with E-state index in [1.54, 1.807) is 24.1 Å². The van der Waals surface area contributed by atoms with Gasteiger partial charge in [-0.05, 0) is 35.6 Å². The van der Waals surface area contributed by atoms with E-state index in [2.05, 4.69) is 22.0 Å². The summed E-state index contributed by atoms with van der Waals surface area (Å²) < 4.78 is 6.76. The lowest BCUT2D eigenvalue weighted by Gasteiger charge is -2.22. The molecule has 1 aromatic carbocycles. The summed E-state index contributed by atoms with van der Waals surface area (Å²) in [5.74, 6) is 0.956. The number of fused-ring (bicyclic) bond motifs is 1. The lowest BCUT2D eigenvalue weighted by atomic mass is 10.2. The molecule has 0 saturated carbocycles. The molecule has 0 spiro atoms. The predicted octanol–water partition coefficient (Wildman–Crippen LogP) is 2.59. The minimum absolute atomic E-state index is 0.0735. The van der Waals surface area contributed by atoms with Crippen molar-refractivity contribution in [3.05, 3.63) is 58.0 Å². The van der Waals surface area contributed by atoms with Crippen LogP contribution in [0.15, 0.2) is 46.8 Å². The number of aryl methyl sites for hydroxylation is 1. The summed E-state index contributed by atoms with van der Waals surface area (Å²) in [6, 6.07) is 9.92. The fourth-order valence-electron chi connectivity index (χ4n) is 3.79. The highest BCUT2D eigenvalue weighted by Gasteiger charge is 2.19. The van der Waals surface area contributed by atoms with E-state index >= 15 is 0 Å². The zero-order valence-electron chi connectivity index (χ0n) is 17.1. The third kappa shape index (κ3) is 4.71. The Kier molecular flexibility index (Phi) is 6.44. The van der Waals surface area contributed by atoms with Gasteiger partial charge in [0, 0.05) is 45.7 Å². The molecule has 7 nitrogen and oxygen atoms in total. The fourth-order valence-corrected chi connectivity index (χ4v) is 4.52. The van der Waals surface area contributed by atoms with Crippen LogP contribution in [0.3, 0.4) is 0 Å². The van der Waals surface area contributed by atoms with Crippen molar-refractivity contribution in [1.82, 2.24) is 19.4 Å². The van der Waals surface area contributed by atoms with E-state index in [0.29, 0.717) is 24.9 Å². The van der Waals surface area contributed by atoms with Gasteiger partial charge < -0.3 is 9.64 Å². The Bertz CT molecular complexity index is 1060. The van der Waals surface area contributed by atoms with E-state index in [1.165, 1.54) is 16.9 Å². The largest absolute Gasteiger partial charge is 0.497 e. The first-order valence-corrected chi connectivity index (χ1v) is 11.1. The van der Waals surface area contributed by atoms with Crippen LogP contribution in [0.5, 0.6) is 5.75 Å². The molecule has 0 bridgehead atoms. The van der Waals surface area contributed by atoms with Crippen LogP contribution in [0.25, 0.3) is 10.2 Å². The lowest BCUT2D eigenvalue weighted by molar-refractivity contribution is -0.131. The van der Waals surface area contributed by atoms with Gasteiger partial charge >= 0.3 is 0 Å². The number of amides is 1. The lowest BCUT2D eigenvalue weighted by Crippen LogP contribution is -2.36. The van der Waals surface area contributed by atoms with Crippen molar-refractivity contribution in [2.45, 2.75) is 25.9 Å². The summed E-state index contributed by atoms with van der Waals surface area (Å²) >= 11 is 1.45. The average molecular weight is 427 g/mol. The molecule has 1 amide bonds. The number of nitrogens with zero attached hydrogens (tertiary/aromatic N) is 4. The van der Waals surface area contributed by atoms with Crippen LogP contribution in [0.4, 0.5) is 0 Å². The van der Waals surface area contributed by atoms with Crippen LogP contribution in [-0.2, 0) is 17.9 Å².